The van der Waals surface area contributed by atoms with Crippen LogP contribution in [-0.4, -0.2) is 32.9 Å². The van der Waals surface area contributed by atoms with Gasteiger partial charge in [-0.25, -0.2) is 4.98 Å². The Labute approximate surface area is 169 Å². The van der Waals surface area contributed by atoms with E-state index in [0.29, 0.717) is 17.9 Å². The number of aromatic nitrogens is 2. The SMILES string of the molecule is CC1(C)C(Oc2cnc(C#N)c(Cl)c2)C(C)(C)C1N1Cc2ncccc2C1=O. The van der Waals surface area contributed by atoms with E-state index in [1.54, 1.807) is 18.3 Å². The number of hydrogen-bond acceptors (Lipinski definition) is 5. The first-order chi connectivity index (χ1) is 13.2. The monoisotopic (exact) mass is 396 g/mol. The Morgan fingerprint density at radius 2 is 2.00 bits per heavy atom. The van der Waals surface area contributed by atoms with Gasteiger partial charge >= 0.3 is 0 Å². The normalized spacial score (nSPS) is 24.3. The van der Waals surface area contributed by atoms with Gasteiger partial charge in [0.05, 0.1) is 29.0 Å². The molecule has 0 bridgehead atoms. The quantitative estimate of drug-likeness (QED) is 0.787. The van der Waals surface area contributed by atoms with Gasteiger partial charge in [-0.2, -0.15) is 5.26 Å². The molecule has 28 heavy (non-hydrogen) atoms. The van der Waals surface area contributed by atoms with E-state index in [9.17, 15) is 4.79 Å². The average molecular weight is 397 g/mol. The van der Waals surface area contributed by atoms with Gasteiger partial charge in [-0.05, 0) is 12.1 Å². The first-order valence-corrected chi connectivity index (χ1v) is 9.53. The maximum Gasteiger partial charge on any atom is 0.256 e. The molecule has 144 valence electrons. The second-order valence-electron chi connectivity index (χ2n) is 8.59. The van der Waals surface area contributed by atoms with Gasteiger partial charge in [0.25, 0.3) is 5.91 Å². The molecule has 2 aromatic heterocycles. The van der Waals surface area contributed by atoms with Gasteiger partial charge in [0.2, 0.25) is 0 Å². The fraction of sp³-hybridized carbons (Fsp3) is 0.429. The molecule has 7 heteroatoms. The van der Waals surface area contributed by atoms with E-state index in [0.717, 1.165) is 5.69 Å². The van der Waals surface area contributed by atoms with Crippen LogP contribution in [0, 0.1) is 22.2 Å². The standard InChI is InChI=1S/C21H21ClN4O2/c1-20(2)18(26-11-16-13(17(26)27)6-5-7-24-16)21(3,4)19(20)28-12-8-14(22)15(9-23)25-10-12/h5-8,10,18-19H,11H2,1-4H3. The number of nitriles is 1. The molecule has 0 atom stereocenters. The second-order valence-corrected chi connectivity index (χ2v) is 8.99. The topological polar surface area (TPSA) is 79.1 Å². The highest BCUT2D eigenvalue weighted by Gasteiger charge is 2.67. The number of pyridine rings is 2. The highest BCUT2D eigenvalue weighted by atomic mass is 35.5. The fourth-order valence-corrected chi connectivity index (χ4v) is 5.47. The van der Waals surface area contributed by atoms with Gasteiger partial charge in [-0.3, -0.25) is 9.78 Å². The van der Waals surface area contributed by atoms with Crippen molar-refractivity contribution in [3.63, 3.8) is 0 Å². The summed E-state index contributed by atoms with van der Waals surface area (Å²) in [5.41, 5.74) is 1.10. The molecule has 1 fully saturated rings. The Kier molecular flexibility index (Phi) is 4.13. The molecular formula is C21H21ClN4O2. The molecule has 0 saturated heterocycles. The van der Waals surface area contributed by atoms with Crippen LogP contribution in [0.5, 0.6) is 5.75 Å². The zero-order chi connectivity index (χ0) is 20.3. The summed E-state index contributed by atoms with van der Waals surface area (Å²) in [7, 11) is 0. The van der Waals surface area contributed by atoms with Crippen LogP contribution in [0.4, 0.5) is 0 Å². The molecule has 1 aliphatic carbocycles. The number of carbonyl (C=O) groups excluding carboxylic acids is 1. The maximum absolute atomic E-state index is 13.0. The van der Waals surface area contributed by atoms with Crippen LogP contribution in [0.3, 0.4) is 0 Å². The summed E-state index contributed by atoms with van der Waals surface area (Å²) < 4.78 is 6.25. The molecule has 2 aliphatic rings. The second kappa shape index (κ2) is 6.18. The van der Waals surface area contributed by atoms with Crippen LogP contribution < -0.4 is 4.74 Å². The highest BCUT2D eigenvalue weighted by Crippen LogP contribution is 2.58. The maximum atomic E-state index is 13.0. The number of amides is 1. The lowest BCUT2D eigenvalue weighted by Gasteiger charge is -2.65. The van der Waals surface area contributed by atoms with Crippen LogP contribution in [-0.2, 0) is 6.54 Å². The van der Waals surface area contributed by atoms with Gasteiger partial charge in [0, 0.05) is 29.1 Å². The smallest absolute Gasteiger partial charge is 0.256 e. The summed E-state index contributed by atoms with van der Waals surface area (Å²) in [6, 6.07) is 7.19. The van der Waals surface area contributed by atoms with Crippen molar-refractivity contribution in [3.05, 3.63) is 52.6 Å². The van der Waals surface area contributed by atoms with Crippen molar-refractivity contribution >= 4 is 17.5 Å². The Balaban J connectivity index is 1.60. The molecule has 0 spiro atoms. The molecule has 0 N–H and O–H groups in total. The third-order valence-corrected chi connectivity index (χ3v) is 6.24. The molecule has 6 nitrogen and oxygen atoms in total. The number of nitrogens with zero attached hydrogens (tertiary/aromatic N) is 4. The highest BCUT2D eigenvalue weighted by molar-refractivity contribution is 6.31. The molecular weight excluding hydrogens is 376 g/mol. The number of carbonyl (C=O) groups is 1. The van der Waals surface area contributed by atoms with Gasteiger partial charge in [-0.15, -0.1) is 0 Å². The van der Waals surface area contributed by atoms with Crippen LogP contribution in [0.25, 0.3) is 0 Å². The Morgan fingerprint density at radius 3 is 2.61 bits per heavy atom. The Hall–Kier alpha value is -2.65. The molecule has 1 aliphatic heterocycles. The van der Waals surface area contributed by atoms with Crippen molar-refractivity contribution < 1.29 is 9.53 Å². The Morgan fingerprint density at radius 1 is 1.29 bits per heavy atom. The average Bonchev–Trinajstić information content (AvgIpc) is 2.95. The molecule has 2 aromatic rings. The third-order valence-electron chi connectivity index (χ3n) is 5.95. The molecule has 0 aromatic carbocycles. The van der Waals surface area contributed by atoms with Gasteiger partial charge < -0.3 is 9.64 Å². The van der Waals surface area contributed by atoms with Crippen LogP contribution in [0.2, 0.25) is 5.02 Å². The minimum absolute atomic E-state index is 0.00601. The summed E-state index contributed by atoms with van der Waals surface area (Å²) in [5, 5.41) is 9.26. The van der Waals surface area contributed by atoms with Crippen LogP contribution in [0.1, 0.15) is 49.4 Å². The van der Waals surface area contributed by atoms with E-state index in [-0.39, 0.29) is 39.6 Å². The molecule has 3 heterocycles. The van der Waals surface area contributed by atoms with Crippen molar-refractivity contribution in [2.75, 3.05) is 0 Å². The first-order valence-electron chi connectivity index (χ1n) is 9.15. The summed E-state index contributed by atoms with van der Waals surface area (Å²) in [5.74, 6) is 0.544. The van der Waals surface area contributed by atoms with Crippen molar-refractivity contribution in [2.24, 2.45) is 10.8 Å². The van der Waals surface area contributed by atoms with E-state index in [2.05, 4.69) is 37.7 Å². The van der Waals surface area contributed by atoms with Crippen LogP contribution >= 0.6 is 11.6 Å². The number of rotatable bonds is 3. The lowest BCUT2D eigenvalue weighted by atomic mass is 9.49. The molecule has 4 rings (SSSR count). The Bertz CT molecular complexity index is 996. The summed E-state index contributed by atoms with van der Waals surface area (Å²) in [6.07, 6.45) is 3.09. The predicted octanol–water partition coefficient (Wildman–Crippen LogP) is 3.84. The minimum Gasteiger partial charge on any atom is -0.487 e. The van der Waals surface area contributed by atoms with Gasteiger partial charge in [0.1, 0.15) is 17.9 Å². The van der Waals surface area contributed by atoms with E-state index in [4.69, 9.17) is 21.6 Å². The van der Waals surface area contributed by atoms with Crippen molar-refractivity contribution in [3.8, 4) is 11.8 Å². The number of fused-ring (bicyclic) bond motifs is 1. The largest absolute Gasteiger partial charge is 0.487 e. The fourth-order valence-electron chi connectivity index (χ4n) is 5.27. The lowest BCUT2D eigenvalue weighted by Crippen LogP contribution is -2.74. The van der Waals surface area contributed by atoms with E-state index >= 15 is 0 Å². The minimum atomic E-state index is -0.290. The summed E-state index contributed by atoms with van der Waals surface area (Å²) >= 11 is 6.09. The predicted molar refractivity (Wildman–Crippen MR) is 104 cm³/mol. The van der Waals surface area contributed by atoms with Crippen molar-refractivity contribution in [2.45, 2.75) is 46.4 Å². The number of hydrogen-bond donors (Lipinski definition) is 0. The van der Waals surface area contributed by atoms with Gasteiger partial charge in [-0.1, -0.05) is 39.3 Å². The molecule has 1 amide bonds. The summed E-state index contributed by atoms with van der Waals surface area (Å²) in [4.78, 5) is 23.3. The molecule has 1 saturated carbocycles. The zero-order valence-corrected chi connectivity index (χ0v) is 17.0. The van der Waals surface area contributed by atoms with Crippen molar-refractivity contribution in [1.29, 1.82) is 5.26 Å². The van der Waals surface area contributed by atoms with E-state index in [1.807, 2.05) is 17.0 Å². The van der Waals surface area contributed by atoms with Crippen LogP contribution in [0.15, 0.2) is 30.6 Å². The van der Waals surface area contributed by atoms with Gasteiger partial charge in [0.15, 0.2) is 5.69 Å². The first kappa shape index (κ1) is 18.7. The third kappa shape index (κ3) is 2.57. The van der Waals surface area contributed by atoms with Crippen molar-refractivity contribution in [1.82, 2.24) is 14.9 Å². The number of ether oxygens (including phenoxy) is 1. The molecule has 0 radical (unpaired) electrons. The zero-order valence-electron chi connectivity index (χ0n) is 16.2. The number of halogens is 1. The van der Waals surface area contributed by atoms with E-state index in [1.165, 1.54) is 6.20 Å². The molecule has 0 unspecified atom stereocenters. The summed E-state index contributed by atoms with van der Waals surface area (Å²) in [6.45, 7) is 8.95. The van der Waals surface area contributed by atoms with E-state index < -0.39 is 0 Å². The lowest BCUT2D eigenvalue weighted by molar-refractivity contribution is -0.199.